The number of aromatic nitrogens is 3. The Labute approximate surface area is 115 Å². The van der Waals surface area contributed by atoms with Gasteiger partial charge in [-0.2, -0.15) is 0 Å². The SMILES string of the molecule is O=C(O)c1cn(C[C@@H](O)COCc2ccccc2)nn1. The number of hydrogen-bond donors (Lipinski definition) is 2. The summed E-state index contributed by atoms with van der Waals surface area (Å²) in [5.41, 5.74) is 0.871. The third-order valence-electron chi connectivity index (χ3n) is 2.58. The van der Waals surface area contributed by atoms with E-state index in [4.69, 9.17) is 9.84 Å². The smallest absolute Gasteiger partial charge is 0.358 e. The Balaban J connectivity index is 1.74. The highest BCUT2D eigenvalue weighted by atomic mass is 16.5. The molecule has 1 aromatic carbocycles. The summed E-state index contributed by atoms with van der Waals surface area (Å²) in [4.78, 5) is 10.6. The van der Waals surface area contributed by atoms with Gasteiger partial charge in [-0.15, -0.1) is 5.10 Å². The molecule has 0 unspecified atom stereocenters. The van der Waals surface area contributed by atoms with Crippen molar-refractivity contribution >= 4 is 5.97 Å². The minimum atomic E-state index is -1.15. The molecule has 1 heterocycles. The van der Waals surface area contributed by atoms with Gasteiger partial charge in [-0.1, -0.05) is 35.5 Å². The van der Waals surface area contributed by atoms with Gasteiger partial charge >= 0.3 is 5.97 Å². The average Bonchev–Trinajstić information content (AvgIpc) is 2.88. The van der Waals surface area contributed by atoms with E-state index in [1.807, 2.05) is 30.3 Å². The Morgan fingerprint density at radius 3 is 2.75 bits per heavy atom. The van der Waals surface area contributed by atoms with Crippen LogP contribution in [0.1, 0.15) is 16.1 Å². The maximum absolute atomic E-state index is 10.6. The van der Waals surface area contributed by atoms with Gasteiger partial charge in [0.15, 0.2) is 5.69 Å². The Morgan fingerprint density at radius 1 is 1.35 bits per heavy atom. The summed E-state index contributed by atoms with van der Waals surface area (Å²) in [6.07, 6.45) is 0.491. The van der Waals surface area contributed by atoms with Crippen LogP contribution in [0.15, 0.2) is 36.5 Å². The number of aliphatic hydroxyl groups is 1. The first-order valence-electron chi connectivity index (χ1n) is 6.08. The van der Waals surface area contributed by atoms with Gasteiger partial charge in [0.25, 0.3) is 0 Å². The van der Waals surface area contributed by atoms with Gasteiger partial charge < -0.3 is 14.9 Å². The lowest BCUT2D eigenvalue weighted by atomic mass is 10.2. The van der Waals surface area contributed by atoms with Crippen LogP contribution < -0.4 is 0 Å². The van der Waals surface area contributed by atoms with Crippen LogP contribution in [0.3, 0.4) is 0 Å². The van der Waals surface area contributed by atoms with Crippen molar-refractivity contribution in [3.05, 3.63) is 47.8 Å². The van der Waals surface area contributed by atoms with Gasteiger partial charge in [0.1, 0.15) is 0 Å². The van der Waals surface area contributed by atoms with E-state index < -0.39 is 12.1 Å². The fraction of sp³-hybridized carbons (Fsp3) is 0.308. The predicted molar refractivity (Wildman–Crippen MR) is 69.1 cm³/mol. The number of aliphatic hydroxyl groups excluding tert-OH is 1. The molecule has 0 saturated carbocycles. The second kappa shape index (κ2) is 6.78. The zero-order valence-electron chi connectivity index (χ0n) is 10.7. The highest BCUT2D eigenvalue weighted by Crippen LogP contribution is 2.02. The normalized spacial score (nSPS) is 12.2. The summed E-state index contributed by atoms with van der Waals surface area (Å²) >= 11 is 0. The monoisotopic (exact) mass is 277 g/mol. The molecule has 0 spiro atoms. The van der Waals surface area contributed by atoms with Gasteiger partial charge in [0, 0.05) is 0 Å². The Bertz CT molecular complexity index is 556. The largest absolute Gasteiger partial charge is 0.476 e. The average molecular weight is 277 g/mol. The van der Waals surface area contributed by atoms with E-state index >= 15 is 0 Å². The molecule has 1 atom stereocenters. The zero-order chi connectivity index (χ0) is 14.4. The lowest BCUT2D eigenvalue weighted by Crippen LogP contribution is -2.22. The summed E-state index contributed by atoms with van der Waals surface area (Å²) in [7, 11) is 0. The highest BCUT2D eigenvalue weighted by Gasteiger charge is 2.11. The number of rotatable bonds is 7. The first-order chi connectivity index (χ1) is 9.65. The van der Waals surface area contributed by atoms with Crippen LogP contribution >= 0.6 is 0 Å². The van der Waals surface area contributed by atoms with Gasteiger partial charge in [0.05, 0.1) is 32.1 Å². The fourth-order valence-electron chi connectivity index (χ4n) is 1.64. The molecule has 0 amide bonds. The van der Waals surface area contributed by atoms with Crippen LogP contribution in [0.2, 0.25) is 0 Å². The number of hydrogen-bond acceptors (Lipinski definition) is 5. The van der Waals surface area contributed by atoms with Crippen molar-refractivity contribution in [1.82, 2.24) is 15.0 Å². The lowest BCUT2D eigenvalue weighted by molar-refractivity contribution is 0.0184. The Kier molecular flexibility index (Phi) is 4.80. The molecular weight excluding hydrogens is 262 g/mol. The van der Waals surface area contributed by atoms with Crippen molar-refractivity contribution < 1.29 is 19.7 Å². The van der Waals surface area contributed by atoms with E-state index in [2.05, 4.69) is 10.3 Å². The van der Waals surface area contributed by atoms with Crippen LogP contribution in [-0.4, -0.2) is 43.9 Å². The number of ether oxygens (including phenoxy) is 1. The summed E-state index contributed by atoms with van der Waals surface area (Å²) in [6, 6.07) is 9.62. The molecule has 0 saturated heterocycles. The second-order valence-corrected chi connectivity index (χ2v) is 4.29. The quantitative estimate of drug-likeness (QED) is 0.767. The molecule has 0 aliphatic carbocycles. The number of nitrogens with zero attached hydrogens (tertiary/aromatic N) is 3. The number of carbonyl (C=O) groups is 1. The van der Waals surface area contributed by atoms with Gasteiger partial charge in [-0.25, -0.2) is 9.48 Å². The van der Waals surface area contributed by atoms with E-state index in [0.717, 1.165) is 5.56 Å². The number of carboxylic acids is 1. The molecule has 7 nitrogen and oxygen atoms in total. The summed E-state index contributed by atoms with van der Waals surface area (Å²) < 4.78 is 6.66. The molecule has 20 heavy (non-hydrogen) atoms. The predicted octanol–water partition coefficient (Wildman–Crippen LogP) is 0.554. The molecule has 0 radical (unpaired) electrons. The van der Waals surface area contributed by atoms with E-state index in [0.29, 0.717) is 6.61 Å². The summed E-state index contributed by atoms with van der Waals surface area (Å²) in [6.45, 7) is 0.682. The van der Waals surface area contributed by atoms with E-state index in [1.54, 1.807) is 0 Å². The molecular formula is C13H15N3O4. The number of benzene rings is 1. The molecule has 2 N–H and O–H groups in total. The second-order valence-electron chi connectivity index (χ2n) is 4.29. The topological polar surface area (TPSA) is 97.5 Å². The molecule has 106 valence electrons. The van der Waals surface area contributed by atoms with E-state index in [9.17, 15) is 9.90 Å². The Morgan fingerprint density at radius 2 is 2.10 bits per heavy atom. The third kappa shape index (κ3) is 4.15. The van der Waals surface area contributed by atoms with Gasteiger partial charge in [0.2, 0.25) is 0 Å². The standard InChI is InChI=1S/C13H15N3O4/c17-11(6-16-7-12(13(18)19)14-15-16)9-20-8-10-4-2-1-3-5-10/h1-5,7,11,17H,6,8-9H2,(H,18,19)/t11-/m1/s1. The maximum Gasteiger partial charge on any atom is 0.358 e. The third-order valence-corrected chi connectivity index (χ3v) is 2.58. The highest BCUT2D eigenvalue weighted by molar-refractivity contribution is 5.84. The lowest BCUT2D eigenvalue weighted by Gasteiger charge is -2.10. The van der Waals surface area contributed by atoms with Gasteiger partial charge in [-0.3, -0.25) is 0 Å². The zero-order valence-corrected chi connectivity index (χ0v) is 10.7. The van der Waals surface area contributed by atoms with E-state index in [1.165, 1.54) is 10.9 Å². The van der Waals surface area contributed by atoms with Crippen molar-refractivity contribution in [3.8, 4) is 0 Å². The van der Waals surface area contributed by atoms with Crippen molar-refractivity contribution in [2.45, 2.75) is 19.3 Å². The molecule has 0 aliphatic rings. The summed E-state index contributed by atoms with van der Waals surface area (Å²) in [5, 5.41) is 25.5. The first kappa shape index (κ1) is 14.2. The Hall–Kier alpha value is -2.25. The molecule has 2 aromatic rings. The minimum Gasteiger partial charge on any atom is -0.476 e. The van der Waals surface area contributed by atoms with Crippen LogP contribution in [0.5, 0.6) is 0 Å². The molecule has 0 aliphatic heterocycles. The number of aromatic carboxylic acids is 1. The fourth-order valence-corrected chi connectivity index (χ4v) is 1.64. The molecule has 0 fully saturated rings. The van der Waals surface area contributed by atoms with Crippen LogP contribution in [0, 0.1) is 0 Å². The van der Waals surface area contributed by atoms with Gasteiger partial charge in [-0.05, 0) is 5.56 Å². The van der Waals surface area contributed by atoms with Crippen molar-refractivity contribution in [2.75, 3.05) is 6.61 Å². The molecule has 1 aromatic heterocycles. The molecule has 7 heteroatoms. The van der Waals surface area contributed by atoms with Crippen LogP contribution in [0.4, 0.5) is 0 Å². The van der Waals surface area contributed by atoms with Crippen molar-refractivity contribution in [2.24, 2.45) is 0 Å². The van der Waals surface area contributed by atoms with E-state index in [-0.39, 0.29) is 18.8 Å². The molecule has 2 rings (SSSR count). The van der Waals surface area contributed by atoms with Crippen molar-refractivity contribution in [3.63, 3.8) is 0 Å². The summed E-state index contributed by atoms with van der Waals surface area (Å²) in [5.74, 6) is -1.15. The van der Waals surface area contributed by atoms with Crippen LogP contribution in [-0.2, 0) is 17.9 Å². The minimum absolute atomic E-state index is 0.134. The molecule has 0 bridgehead atoms. The van der Waals surface area contributed by atoms with Crippen LogP contribution in [0.25, 0.3) is 0 Å². The first-order valence-corrected chi connectivity index (χ1v) is 6.08. The number of carboxylic acid groups (broad SMARTS) is 1. The van der Waals surface area contributed by atoms with Crippen molar-refractivity contribution in [1.29, 1.82) is 0 Å². The maximum atomic E-state index is 10.6.